The number of aromatic amines is 1. The Labute approximate surface area is 154 Å². The number of nitrogens with zero attached hydrogens (tertiary/aromatic N) is 4. The van der Waals surface area contributed by atoms with Gasteiger partial charge in [0.25, 0.3) is 0 Å². The van der Waals surface area contributed by atoms with Crippen molar-refractivity contribution in [1.29, 1.82) is 0 Å². The number of rotatable bonds is 4. The normalized spacial score (nSPS) is 17.6. The largest absolute Gasteiger partial charge is 0.383 e. The average molecular weight is 373 g/mol. The van der Waals surface area contributed by atoms with Crippen molar-refractivity contribution < 1.29 is 0 Å². The van der Waals surface area contributed by atoms with Crippen LogP contribution >= 0.6 is 23.1 Å². The second-order valence-electron chi connectivity index (χ2n) is 6.84. The van der Waals surface area contributed by atoms with Gasteiger partial charge in [0.2, 0.25) is 5.16 Å². The van der Waals surface area contributed by atoms with Gasteiger partial charge in [-0.25, -0.2) is 15.0 Å². The van der Waals surface area contributed by atoms with Crippen LogP contribution in [0.5, 0.6) is 0 Å². The maximum atomic E-state index is 6.31. The molecule has 0 radical (unpaired) electrons. The minimum absolute atomic E-state index is 0.589. The van der Waals surface area contributed by atoms with E-state index >= 15 is 0 Å². The van der Waals surface area contributed by atoms with Crippen LogP contribution in [0.15, 0.2) is 5.16 Å². The standard InChI is InChI=1S/C17H20N6S2/c18-14-13-10-4-2-1-3-5-11(10)25-16(13)20-12(19-14)8-24-17-21-15(22-23-17)9-6-7-9/h9H,1-8H2,(H2,18,19,20)(H,21,22,23). The fraction of sp³-hybridized carbons (Fsp3) is 0.529. The maximum absolute atomic E-state index is 6.31. The Bertz CT molecular complexity index is 927. The number of hydrogen-bond acceptors (Lipinski definition) is 7. The van der Waals surface area contributed by atoms with Crippen molar-refractivity contribution in [2.24, 2.45) is 0 Å². The molecule has 0 atom stereocenters. The van der Waals surface area contributed by atoms with E-state index in [9.17, 15) is 0 Å². The molecule has 0 amide bonds. The molecule has 3 heterocycles. The lowest BCUT2D eigenvalue weighted by molar-refractivity contribution is 0.713. The first-order valence-corrected chi connectivity index (χ1v) is 10.7. The molecule has 1 fully saturated rings. The first kappa shape index (κ1) is 15.6. The van der Waals surface area contributed by atoms with Gasteiger partial charge < -0.3 is 5.73 Å². The quantitative estimate of drug-likeness (QED) is 0.534. The zero-order valence-electron chi connectivity index (χ0n) is 13.9. The van der Waals surface area contributed by atoms with Gasteiger partial charge in [0.05, 0.1) is 11.1 Å². The van der Waals surface area contributed by atoms with Crippen molar-refractivity contribution in [3.63, 3.8) is 0 Å². The van der Waals surface area contributed by atoms with Crippen molar-refractivity contribution in [2.75, 3.05) is 5.73 Å². The third-order valence-corrected chi connectivity index (χ3v) is 6.94. The Kier molecular flexibility index (Phi) is 3.89. The number of nitrogens with two attached hydrogens (primary N) is 1. The zero-order chi connectivity index (χ0) is 16.8. The summed E-state index contributed by atoms with van der Waals surface area (Å²) in [7, 11) is 0. The Morgan fingerprint density at radius 1 is 1.12 bits per heavy atom. The smallest absolute Gasteiger partial charge is 0.208 e. The summed E-state index contributed by atoms with van der Waals surface area (Å²) < 4.78 is 0. The highest BCUT2D eigenvalue weighted by molar-refractivity contribution is 7.98. The number of nitrogens with one attached hydrogen (secondary N) is 1. The van der Waals surface area contributed by atoms with E-state index in [-0.39, 0.29) is 0 Å². The van der Waals surface area contributed by atoms with Crippen molar-refractivity contribution in [1.82, 2.24) is 25.1 Å². The number of thiophene rings is 1. The lowest BCUT2D eigenvalue weighted by atomic mass is 10.1. The zero-order valence-corrected chi connectivity index (χ0v) is 15.5. The summed E-state index contributed by atoms with van der Waals surface area (Å²) in [5.74, 6) is 3.65. The predicted octanol–water partition coefficient (Wildman–Crippen LogP) is 3.83. The summed E-state index contributed by atoms with van der Waals surface area (Å²) in [6.45, 7) is 0. The predicted molar refractivity (Wildman–Crippen MR) is 101 cm³/mol. The highest BCUT2D eigenvalue weighted by Gasteiger charge is 2.27. The lowest BCUT2D eigenvalue weighted by Gasteiger charge is -2.03. The number of hydrogen-bond donors (Lipinski definition) is 2. The van der Waals surface area contributed by atoms with Crippen LogP contribution in [0.3, 0.4) is 0 Å². The number of fused-ring (bicyclic) bond motifs is 3. The summed E-state index contributed by atoms with van der Waals surface area (Å²) in [4.78, 5) is 16.4. The Balaban J connectivity index is 1.39. The van der Waals surface area contributed by atoms with Gasteiger partial charge in [0.15, 0.2) is 0 Å². The monoisotopic (exact) mass is 372 g/mol. The van der Waals surface area contributed by atoms with E-state index in [2.05, 4.69) is 20.2 Å². The lowest BCUT2D eigenvalue weighted by Crippen LogP contribution is -2.00. The van der Waals surface area contributed by atoms with Crippen LogP contribution in [0.25, 0.3) is 10.2 Å². The first-order valence-electron chi connectivity index (χ1n) is 8.89. The number of thioether (sulfide) groups is 1. The Morgan fingerprint density at radius 2 is 2.00 bits per heavy atom. The molecular formula is C17H20N6S2. The number of H-pyrrole nitrogens is 1. The molecule has 1 saturated carbocycles. The maximum Gasteiger partial charge on any atom is 0.208 e. The molecule has 3 aromatic heterocycles. The van der Waals surface area contributed by atoms with Gasteiger partial charge >= 0.3 is 0 Å². The fourth-order valence-electron chi connectivity index (χ4n) is 3.46. The van der Waals surface area contributed by atoms with Crippen LogP contribution in [0.2, 0.25) is 0 Å². The highest BCUT2D eigenvalue weighted by Crippen LogP contribution is 2.39. The molecule has 3 N–H and O–H groups in total. The van der Waals surface area contributed by atoms with E-state index in [0.717, 1.165) is 39.9 Å². The summed E-state index contributed by atoms with van der Waals surface area (Å²) >= 11 is 3.37. The molecule has 5 rings (SSSR count). The summed E-state index contributed by atoms with van der Waals surface area (Å²) in [6.07, 6.45) is 8.52. The molecule has 6 nitrogen and oxygen atoms in total. The SMILES string of the molecule is Nc1nc(CSc2n[nH]c(C3CC3)n2)nc2sc3c(c12)CCCCC3. The minimum Gasteiger partial charge on any atom is -0.383 e. The second-order valence-corrected chi connectivity index (χ2v) is 8.86. The van der Waals surface area contributed by atoms with Gasteiger partial charge in [-0.05, 0) is 44.1 Å². The molecule has 130 valence electrons. The van der Waals surface area contributed by atoms with E-state index < -0.39 is 0 Å². The molecule has 8 heteroatoms. The molecule has 0 aromatic carbocycles. The van der Waals surface area contributed by atoms with Crippen molar-refractivity contribution >= 4 is 39.1 Å². The molecule has 25 heavy (non-hydrogen) atoms. The number of aromatic nitrogens is 5. The molecule has 0 aliphatic heterocycles. The van der Waals surface area contributed by atoms with Gasteiger partial charge in [0, 0.05) is 10.8 Å². The minimum atomic E-state index is 0.589. The van der Waals surface area contributed by atoms with Crippen LogP contribution in [-0.2, 0) is 18.6 Å². The van der Waals surface area contributed by atoms with Gasteiger partial charge in [-0.15, -0.1) is 16.4 Å². The number of anilines is 1. The van der Waals surface area contributed by atoms with Crippen molar-refractivity contribution in [3.05, 3.63) is 22.1 Å². The topological polar surface area (TPSA) is 93.4 Å². The van der Waals surface area contributed by atoms with E-state index in [4.69, 9.17) is 10.7 Å². The van der Waals surface area contributed by atoms with Crippen molar-refractivity contribution in [3.8, 4) is 0 Å². The molecule has 2 aliphatic rings. The van der Waals surface area contributed by atoms with E-state index in [1.165, 1.54) is 42.5 Å². The van der Waals surface area contributed by atoms with Crippen LogP contribution in [0, 0.1) is 0 Å². The van der Waals surface area contributed by atoms with E-state index in [0.29, 0.717) is 17.5 Å². The van der Waals surface area contributed by atoms with E-state index in [1.807, 2.05) is 0 Å². The fourth-order valence-corrected chi connectivity index (χ4v) is 5.41. The Hall–Kier alpha value is -1.67. The second kappa shape index (κ2) is 6.25. The highest BCUT2D eigenvalue weighted by atomic mass is 32.2. The average Bonchev–Trinajstić information content (AvgIpc) is 3.30. The summed E-state index contributed by atoms with van der Waals surface area (Å²) in [5.41, 5.74) is 7.71. The molecule has 0 unspecified atom stereocenters. The molecular weight excluding hydrogens is 352 g/mol. The molecule has 3 aromatic rings. The third kappa shape index (κ3) is 3.01. The number of nitrogen functional groups attached to an aromatic ring is 1. The van der Waals surface area contributed by atoms with Gasteiger partial charge in [0.1, 0.15) is 22.3 Å². The van der Waals surface area contributed by atoms with Crippen molar-refractivity contribution in [2.45, 2.75) is 61.8 Å². The van der Waals surface area contributed by atoms with Crippen LogP contribution in [-0.4, -0.2) is 25.1 Å². The van der Waals surface area contributed by atoms with Gasteiger partial charge in [-0.1, -0.05) is 18.2 Å². The summed E-state index contributed by atoms with van der Waals surface area (Å²) in [6, 6.07) is 0. The Morgan fingerprint density at radius 3 is 2.88 bits per heavy atom. The third-order valence-electron chi connectivity index (χ3n) is 4.92. The first-order chi connectivity index (χ1) is 12.3. The molecule has 0 bridgehead atoms. The molecule has 0 spiro atoms. The molecule has 0 saturated heterocycles. The van der Waals surface area contributed by atoms with Gasteiger partial charge in [-0.3, -0.25) is 5.10 Å². The van der Waals surface area contributed by atoms with Crippen LogP contribution in [0.4, 0.5) is 5.82 Å². The summed E-state index contributed by atoms with van der Waals surface area (Å²) in [5, 5.41) is 9.19. The van der Waals surface area contributed by atoms with Crippen LogP contribution < -0.4 is 5.73 Å². The molecule has 2 aliphatic carbocycles. The van der Waals surface area contributed by atoms with Crippen LogP contribution in [0.1, 0.15) is 60.1 Å². The van der Waals surface area contributed by atoms with Gasteiger partial charge in [-0.2, -0.15) is 0 Å². The number of aryl methyl sites for hydroxylation is 2. The van der Waals surface area contributed by atoms with E-state index in [1.54, 1.807) is 23.1 Å².